The van der Waals surface area contributed by atoms with E-state index in [-0.39, 0.29) is 11.3 Å². The number of hydrogen-bond acceptors (Lipinski definition) is 4. The maximum Gasteiger partial charge on any atom is 0.323 e. The van der Waals surface area contributed by atoms with E-state index in [1.54, 1.807) is 54.6 Å². The first-order chi connectivity index (χ1) is 12.4. The fourth-order valence-electron chi connectivity index (χ4n) is 3.04. The third-order valence-electron chi connectivity index (χ3n) is 4.29. The fourth-order valence-corrected chi connectivity index (χ4v) is 3.04. The summed E-state index contributed by atoms with van der Waals surface area (Å²) in [4.78, 5) is 37.1. The fraction of sp³-hybridized carbons (Fsp3) is 0.150. The number of carboxylic acids is 1. The molecule has 0 bridgehead atoms. The molecule has 1 atom stereocenters. The average Bonchev–Trinajstić information content (AvgIpc) is 2.87. The van der Waals surface area contributed by atoms with E-state index in [0.717, 1.165) is 10.5 Å². The number of likely N-dealkylation sites (tertiary alicyclic amines) is 1. The van der Waals surface area contributed by atoms with Crippen LogP contribution in [0.3, 0.4) is 0 Å². The highest BCUT2D eigenvalue weighted by Gasteiger charge is 2.46. The summed E-state index contributed by atoms with van der Waals surface area (Å²) >= 11 is 0. The number of aliphatic hydroxyl groups excluding tert-OH is 1. The van der Waals surface area contributed by atoms with E-state index in [0.29, 0.717) is 11.1 Å². The molecule has 1 aliphatic rings. The Morgan fingerprint density at radius 2 is 1.62 bits per heavy atom. The van der Waals surface area contributed by atoms with Crippen LogP contribution in [0.15, 0.2) is 60.2 Å². The van der Waals surface area contributed by atoms with Gasteiger partial charge in [0.15, 0.2) is 0 Å². The van der Waals surface area contributed by atoms with Gasteiger partial charge in [-0.1, -0.05) is 60.2 Å². The van der Waals surface area contributed by atoms with Crippen molar-refractivity contribution in [2.24, 2.45) is 0 Å². The zero-order valence-corrected chi connectivity index (χ0v) is 14.0. The minimum absolute atomic E-state index is 0.105. The van der Waals surface area contributed by atoms with Crippen molar-refractivity contribution in [3.05, 3.63) is 76.9 Å². The number of ketones is 1. The predicted molar refractivity (Wildman–Crippen MR) is 94.3 cm³/mol. The highest BCUT2D eigenvalue weighted by Crippen LogP contribution is 2.39. The Morgan fingerprint density at radius 1 is 1.00 bits per heavy atom. The number of nitrogens with zero attached hydrogens (tertiary/aromatic N) is 1. The number of aryl methyl sites for hydroxylation is 1. The molecule has 132 valence electrons. The first-order valence-corrected chi connectivity index (χ1v) is 8.02. The summed E-state index contributed by atoms with van der Waals surface area (Å²) in [7, 11) is 0. The molecule has 2 aromatic carbocycles. The summed E-state index contributed by atoms with van der Waals surface area (Å²) < 4.78 is 0. The monoisotopic (exact) mass is 351 g/mol. The minimum Gasteiger partial charge on any atom is -0.507 e. The van der Waals surface area contributed by atoms with E-state index < -0.39 is 30.2 Å². The largest absolute Gasteiger partial charge is 0.507 e. The Labute approximate surface area is 150 Å². The standard InChI is InChI=1S/C20H17NO5/c1-12-7-9-13(10-8-12)17-16(18(24)14-5-3-2-4-6-14)19(25)20(26)21(17)11-15(22)23/h2-10,17,24H,11H2,1H3,(H,22,23). The first kappa shape index (κ1) is 17.4. The molecule has 0 saturated carbocycles. The minimum atomic E-state index is -1.23. The molecule has 1 amide bonds. The van der Waals surface area contributed by atoms with Crippen molar-refractivity contribution in [1.82, 2.24) is 4.90 Å². The number of carboxylic acid groups (broad SMARTS) is 1. The van der Waals surface area contributed by atoms with Gasteiger partial charge in [0.25, 0.3) is 11.7 Å². The number of carbonyl (C=O) groups is 3. The van der Waals surface area contributed by atoms with Crippen LogP contribution in [0.25, 0.3) is 5.76 Å². The third-order valence-corrected chi connectivity index (χ3v) is 4.29. The average molecular weight is 351 g/mol. The van der Waals surface area contributed by atoms with Crippen molar-refractivity contribution >= 4 is 23.4 Å². The molecular weight excluding hydrogens is 334 g/mol. The number of Topliss-reactive ketones (excluding diaryl/α,β-unsaturated/α-hetero) is 1. The zero-order chi connectivity index (χ0) is 18.8. The smallest absolute Gasteiger partial charge is 0.323 e. The van der Waals surface area contributed by atoms with E-state index in [2.05, 4.69) is 0 Å². The molecule has 1 unspecified atom stereocenters. The van der Waals surface area contributed by atoms with Gasteiger partial charge in [0.2, 0.25) is 0 Å². The topological polar surface area (TPSA) is 94.9 Å². The lowest BCUT2D eigenvalue weighted by molar-refractivity contribution is -0.146. The van der Waals surface area contributed by atoms with E-state index >= 15 is 0 Å². The summed E-state index contributed by atoms with van der Waals surface area (Å²) in [6.45, 7) is 1.26. The lowest BCUT2D eigenvalue weighted by Gasteiger charge is -2.23. The summed E-state index contributed by atoms with van der Waals surface area (Å²) in [6, 6.07) is 14.5. The normalized spacial score (nSPS) is 19.0. The van der Waals surface area contributed by atoms with Crippen molar-refractivity contribution in [3.63, 3.8) is 0 Å². The summed E-state index contributed by atoms with van der Waals surface area (Å²) in [6.07, 6.45) is 0. The van der Waals surface area contributed by atoms with Gasteiger partial charge in [0.1, 0.15) is 12.3 Å². The molecule has 0 radical (unpaired) electrons. The first-order valence-electron chi connectivity index (χ1n) is 8.02. The molecule has 2 N–H and O–H groups in total. The number of amides is 1. The SMILES string of the molecule is Cc1ccc(C2C(=C(O)c3ccccc3)C(=O)C(=O)N2CC(=O)O)cc1. The third kappa shape index (κ3) is 3.09. The van der Waals surface area contributed by atoms with Crippen molar-refractivity contribution < 1.29 is 24.6 Å². The van der Waals surface area contributed by atoms with Crippen LogP contribution in [0.5, 0.6) is 0 Å². The van der Waals surface area contributed by atoms with Gasteiger partial charge in [-0.05, 0) is 12.5 Å². The maximum atomic E-state index is 12.6. The molecule has 0 aromatic heterocycles. The van der Waals surface area contributed by atoms with Crippen molar-refractivity contribution in [2.75, 3.05) is 6.54 Å². The number of hydrogen-bond donors (Lipinski definition) is 2. The van der Waals surface area contributed by atoms with Gasteiger partial charge < -0.3 is 15.1 Å². The van der Waals surface area contributed by atoms with Gasteiger partial charge in [0.05, 0.1) is 11.6 Å². The van der Waals surface area contributed by atoms with Crippen molar-refractivity contribution in [1.29, 1.82) is 0 Å². The number of aliphatic carboxylic acids is 1. The highest BCUT2D eigenvalue weighted by molar-refractivity contribution is 6.46. The second-order valence-electron chi connectivity index (χ2n) is 6.10. The van der Waals surface area contributed by atoms with E-state index in [4.69, 9.17) is 5.11 Å². The number of carbonyl (C=O) groups excluding carboxylic acids is 2. The number of rotatable bonds is 4. The van der Waals surface area contributed by atoms with Crippen LogP contribution in [0.2, 0.25) is 0 Å². The Hall–Kier alpha value is -3.41. The molecule has 1 aliphatic heterocycles. The van der Waals surface area contributed by atoms with Crippen LogP contribution in [0, 0.1) is 6.92 Å². The van der Waals surface area contributed by atoms with Crippen LogP contribution >= 0.6 is 0 Å². The van der Waals surface area contributed by atoms with Crippen LogP contribution in [-0.2, 0) is 14.4 Å². The number of benzene rings is 2. The molecule has 3 rings (SSSR count). The van der Waals surface area contributed by atoms with E-state index in [9.17, 15) is 19.5 Å². The van der Waals surface area contributed by atoms with Gasteiger partial charge >= 0.3 is 5.97 Å². The molecule has 0 spiro atoms. The molecular formula is C20H17NO5. The Kier molecular flexibility index (Phi) is 4.58. The maximum absolute atomic E-state index is 12.6. The Bertz CT molecular complexity index is 900. The van der Waals surface area contributed by atoms with Crippen LogP contribution in [0.1, 0.15) is 22.7 Å². The molecule has 1 heterocycles. The van der Waals surface area contributed by atoms with E-state index in [1.807, 2.05) is 6.92 Å². The Morgan fingerprint density at radius 3 is 2.19 bits per heavy atom. The molecule has 1 fully saturated rings. The summed E-state index contributed by atoms with van der Waals surface area (Å²) in [5.74, 6) is -3.38. The van der Waals surface area contributed by atoms with Gasteiger partial charge in [-0.25, -0.2) is 0 Å². The van der Waals surface area contributed by atoms with Crippen LogP contribution < -0.4 is 0 Å². The molecule has 6 nitrogen and oxygen atoms in total. The van der Waals surface area contributed by atoms with Crippen LogP contribution in [-0.4, -0.2) is 39.3 Å². The second-order valence-corrected chi connectivity index (χ2v) is 6.10. The lowest BCUT2D eigenvalue weighted by Crippen LogP contribution is -2.34. The summed E-state index contributed by atoms with van der Waals surface area (Å²) in [5, 5.41) is 19.8. The van der Waals surface area contributed by atoms with E-state index in [1.165, 1.54) is 0 Å². The van der Waals surface area contributed by atoms with Gasteiger partial charge in [-0.3, -0.25) is 14.4 Å². The van der Waals surface area contributed by atoms with Crippen molar-refractivity contribution in [2.45, 2.75) is 13.0 Å². The molecule has 6 heteroatoms. The zero-order valence-electron chi connectivity index (χ0n) is 14.0. The van der Waals surface area contributed by atoms with Gasteiger partial charge in [0, 0.05) is 5.56 Å². The highest BCUT2D eigenvalue weighted by atomic mass is 16.4. The Balaban J connectivity index is 2.19. The number of aliphatic hydroxyl groups is 1. The lowest BCUT2D eigenvalue weighted by atomic mass is 9.95. The second kappa shape index (κ2) is 6.84. The molecule has 1 saturated heterocycles. The molecule has 0 aliphatic carbocycles. The molecule has 2 aromatic rings. The van der Waals surface area contributed by atoms with Gasteiger partial charge in [-0.2, -0.15) is 0 Å². The van der Waals surface area contributed by atoms with Crippen LogP contribution in [0.4, 0.5) is 0 Å². The summed E-state index contributed by atoms with van der Waals surface area (Å²) in [5.41, 5.74) is 1.82. The predicted octanol–water partition coefficient (Wildman–Crippen LogP) is 2.50. The van der Waals surface area contributed by atoms with Crippen molar-refractivity contribution in [3.8, 4) is 0 Å². The van der Waals surface area contributed by atoms with Gasteiger partial charge in [-0.15, -0.1) is 0 Å². The quantitative estimate of drug-likeness (QED) is 0.501. The molecule has 26 heavy (non-hydrogen) atoms.